The largest absolute Gasteiger partial charge is 0.339 e. The van der Waals surface area contributed by atoms with Gasteiger partial charge in [0.25, 0.3) is 15.9 Å². The van der Waals surface area contributed by atoms with Crippen LogP contribution in [-0.2, 0) is 10.0 Å². The number of nitrogens with zero attached hydrogens (tertiary/aromatic N) is 1. The number of hydrogen-bond acceptors (Lipinski definition) is 4. The molecule has 154 valence electrons. The van der Waals surface area contributed by atoms with Crippen molar-refractivity contribution in [3.05, 3.63) is 58.5 Å². The second-order valence-corrected chi connectivity index (χ2v) is 8.36. The first-order chi connectivity index (χ1) is 13.9. The molecular weight excluding hydrogens is 392 g/mol. The van der Waals surface area contributed by atoms with E-state index in [2.05, 4.69) is 21.6 Å². The van der Waals surface area contributed by atoms with Crippen molar-refractivity contribution in [2.24, 2.45) is 0 Å². The molecule has 0 spiro atoms. The summed E-state index contributed by atoms with van der Waals surface area (Å²) < 4.78 is 28.3. The number of unbranched alkanes of at least 4 members (excludes halogenated alkanes) is 1. The van der Waals surface area contributed by atoms with Crippen LogP contribution in [0.2, 0.25) is 0 Å². The maximum absolute atomic E-state index is 12.9. The highest BCUT2D eigenvalue weighted by Crippen LogP contribution is 2.23. The molecular formula is C20H24N4O4S. The van der Waals surface area contributed by atoms with Crippen LogP contribution in [0.5, 0.6) is 0 Å². The number of carbonyl (C=O) groups is 1. The first-order valence-electron chi connectivity index (χ1n) is 9.49. The third-order valence-electron chi connectivity index (χ3n) is 4.65. The van der Waals surface area contributed by atoms with Crippen LogP contribution in [0.1, 0.15) is 37.0 Å². The molecule has 8 nitrogen and oxygen atoms in total. The third kappa shape index (κ3) is 4.51. The number of H-pyrrole nitrogens is 2. The summed E-state index contributed by atoms with van der Waals surface area (Å²) in [6.45, 7) is 5.10. The van der Waals surface area contributed by atoms with E-state index in [1.165, 1.54) is 18.2 Å². The number of aromatic amines is 2. The summed E-state index contributed by atoms with van der Waals surface area (Å²) >= 11 is 0. The first kappa shape index (κ1) is 20.7. The Morgan fingerprint density at radius 2 is 1.79 bits per heavy atom. The zero-order valence-corrected chi connectivity index (χ0v) is 17.2. The Labute approximate surface area is 169 Å². The Morgan fingerprint density at radius 1 is 1.07 bits per heavy atom. The fourth-order valence-electron chi connectivity index (χ4n) is 3.06. The van der Waals surface area contributed by atoms with Gasteiger partial charge in [-0.05, 0) is 43.7 Å². The van der Waals surface area contributed by atoms with Crippen LogP contribution in [0.4, 0.5) is 5.69 Å². The number of rotatable bonds is 8. The summed E-state index contributed by atoms with van der Waals surface area (Å²) in [6, 6.07) is 10.8. The minimum atomic E-state index is -3.96. The van der Waals surface area contributed by atoms with Gasteiger partial charge in [0.1, 0.15) is 0 Å². The lowest BCUT2D eigenvalue weighted by Crippen LogP contribution is -2.32. The lowest BCUT2D eigenvalue weighted by Gasteiger charge is -2.22. The third-order valence-corrected chi connectivity index (χ3v) is 6.01. The smallest absolute Gasteiger partial charge is 0.323 e. The lowest BCUT2D eigenvalue weighted by atomic mass is 10.1. The van der Waals surface area contributed by atoms with Crippen LogP contribution in [-0.4, -0.2) is 42.3 Å². The van der Waals surface area contributed by atoms with Crippen molar-refractivity contribution in [1.29, 1.82) is 0 Å². The Morgan fingerprint density at radius 3 is 2.52 bits per heavy atom. The van der Waals surface area contributed by atoms with Crippen molar-refractivity contribution in [3.63, 3.8) is 0 Å². The van der Waals surface area contributed by atoms with E-state index in [-0.39, 0.29) is 16.5 Å². The fourth-order valence-corrected chi connectivity index (χ4v) is 4.17. The molecule has 0 atom stereocenters. The van der Waals surface area contributed by atoms with Crippen molar-refractivity contribution < 1.29 is 13.2 Å². The zero-order valence-electron chi connectivity index (χ0n) is 16.4. The summed E-state index contributed by atoms with van der Waals surface area (Å²) in [4.78, 5) is 31.2. The van der Waals surface area contributed by atoms with Gasteiger partial charge >= 0.3 is 5.69 Å². The monoisotopic (exact) mass is 416 g/mol. The topological polar surface area (TPSA) is 115 Å². The van der Waals surface area contributed by atoms with Gasteiger partial charge in [0.15, 0.2) is 0 Å². The number of amides is 1. The molecule has 3 N–H and O–H groups in total. The Hall–Kier alpha value is -3.07. The van der Waals surface area contributed by atoms with Gasteiger partial charge < -0.3 is 14.9 Å². The zero-order chi connectivity index (χ0) is 21.0. The summed E-state index contributed by atoms with van der Waals surface area (Å²) in [7, 11) is -3.96. The number of carbonyl (C=O) groups excluding carboxylic acids is 1. The molecule has 29 heavy (non-hydrogen) atoms. The van der Waals surface area contributed by atoms with Crippen LogP contribution < -0.4 is 10.4 Å². The van der Waals surface area contributed by atoms with Crippen molar-refractivity contribution in [1.82, 2.24) is 14.9 Å². The number of aromatic nitrogens is 2. The van der Waals surface area contributed by atoms with Crippen molar-refractivity contribution >= 4 is 32.7 Å². The van der Waals surface area contributed by atoms with E-state index in [9.17, 15) is 18.0 Å². The summed E-state index contributed by atoms with van der Waals surface area (Å²) in [5.41, 5.74) is 1.00. The quantitative estimate of drug-likeness (QED) is 0.524. The summed E-state index contributed by atoms with van der Waals surface area (Å²) in [6.07, 6.45) is 1.84. The van der Waals surface area contributed by atoms with Crippen LogP contribution in [0.15, 0.2) is 52.2 Å². The Bertz CT molecular complexity index is 1180. The Kier molecular flexibility index (Phi) is 6.07. The molecule has 0 radical (unpaired) electrons. The average Bonchev–Trinajstić information content (AvgIpc) is 3.07. The molecule has 1 heterocycles. The van der Waals surface area contributed by atoms with E-state index >= 15 is 0 Å². The van der Waals surface area contributed by atoms with E-state index < -0.39 is 15.7 Å². The van der Waals surface area contributed by atoms with Crippen LogP contribution >= 0.6 is 0 Å². The van der Waals surface area contributed by atoms with Crippen LogP contribution in [0.25, 0.3) is 11.0 Å². The van der Waals surface area contributed by atoms with Gasteiger partial charge in [-0.2, -0.15) is 0 Å². The molecule has 0 fully saturated rings. The highest BCUT2D eigenvalue weighted by Gasteiger charge is 2.21. The molecule has 0 aliphatic rings. The lowest BCUT2D eigenvalue weighted by molar-refractivity contribution is 0.0763. The van der Waals surface area contributed by atoms with E-state index in [0.29, 0.717) is 29.7 Å². The van der Waals surface area contributed by atoms with Gasteiger partial charge in [-0.3, -0.25) is 9.52 Å². The van der Waals surface area contributed by atoms with E-state index in [1.807, 2.05) is 6.92 Å². The van der Waals surface area contributed by atoms with E-state index in [0.717, 1.165) is 12.8 Å². The number of para-hydroxylation sites is 1. The molecule has 1 amide bonds. The molecule has 0 bridgehead atoms. The Balaban J connectivity index is 1.92. The van der Waals surface area contributed by atoms with Gasteiger partial charge in [-0.15, -0.1) is 0 Å². The SMILES string of the molecule is CCCCN(CC)C(=O)c1ccccc1NS(=O)(=O)c1ccc2[nH]c(=O)[nH]c2c1. The fraction of sp³-hybridized carbons (Fsp3) is 0.300. The molecule has 0 aliphatic heterocycles. The van der Waals surface area contributed by atoms with Gasteiger partial charge in [-0.1, -0.05) is 25.5 Å². The highest BCUT2D eigenvalue weighted by molar-refractivity contribution is 7.92. The van der Waals surface area contributed by atoms with Gasteiger partial charge in [0.2, 0.25) is 0 Å². The normalized spacial score (nSPS) is 11.5. The van der Waals surface area contributed by atoms with Crippen LogP contribution in [0.3, 0.4) is 0 Å². The molecule has 0 unspecified atom stereocenters. The van der Waals surface area contributed by atoms with Gasteiger partial charge in [-0.25, -0.2) is 13.2 Å². The maximum Gasteiger partial charge on any atom is 0.323 e. The molecule has 0 aliphatic carbocycles. The molecule has 3 rings (SSSR count). The highest BCUT2D eigenvalue weighted by atomic mass is 32.2. The number of hydrogen-bond donors (Lipinski definition) is 3. The number of fused-ring (bicyclic) bond motifs is 1. The summed E-state index contributed by atoms with van der Waals surface area (Å²) in [5.74, 6) is -0.218. The minimum absolute atomic E-state index is 0.0131. The predicted molar refractivity (Wildman–Crippen MR) is 113 cm³/mol. The van der Waals surface area contributed by atoms with Crippen LogP contribution in [0, 0.1) is 0 Å². The second kappa shape index (κ2) is 8.52. The standard InChI is InChI=1S/C20H24N4O4S/c1-3-5-12-24(4-2)19(25)15-8-6-7-9-16(15)23-29(27,28)14-10-11-17-18(13-14)22-20(26)21-17/h6-11,13,23H,3-5,12H2,1-2H3,(H2,21,22,26). The second-order valence-electron chi connectivity index (χ2n) is 6.68. The van der Waals surface area contributed by atoms with Gasteiger partial charge in [0.05, 0.1) is 27.2 Å². The van der Waals surface area contributed by atoms with Gasteiger partial charge in [0, 0.05) is 13.1 Å². The molecule has 1 aromatic heterocycles. The van der Waals surface area contributed by atoms with Crippen molar-refractivity contribution in [2.75, 3.05) is 17.8 Å². The van der Waals surface area contributed by atoms with Crippen molar-refractivity contribution in [3.8, 4) is 0 Å². The molecule has 0 saturated heterocycles. The van der Waals surface area contributed by atoms with E-state index in [1.54, 1.807) is 29.2 Å². The molecule has 3 aromatic rings. The molecule has 2 aromatic carbocycles. The first-order valence-corrected chi connectivity index (χ1v) is 11.0. The minimum Gasteiger partial charge on any atom is -0.339 e. The number of nitrogens with one attached hydrogen (secondary N) is 3. The van der Waals surface area contributed by atoms with Crippen molar-refractivity contribution in [2.45, 2.75) is 31.6 Å². The summed E-state index contributed by atoms with van der Waals surface area (Å²) in [5, 5.41) is 0. The number of sulfonamides is 1. The number of imidazole rings is 1. The average molecular weight is 417 g/mol. The predicted octanol–water partition coefficient (Wildman–Crippen LogP) is 2.92. The van der Waals surface area contributed by atoms with E-state index in [4.69, 9.17) is 0 Å². The maximum atomic E-state index is 12.9. The number of benzene rings is 2. The molecule has 9 heteroatoms. The molecule has 0 saturated carbocycles. The number of anilines is 1.